The first-order chi connectivity index (χ1) is 9.69. The number of anilines is 1. The number of rotatable bonds is 3. The molecule has 1 saturated heterocycles. The maximum Gasteiger partial charge on any atom is 0.321 e. The van der Waals surface area contributed by atoms with Crippen LogP contribution in [0, 0.1) is 0 Å². The number of nitrogens with one attached hydrogen (secondary N) is 3. The second-order valence-electron chi connectivity index (χ2n) is 4.37. The predicted molar refractivity (Wildman–Crippen MR) is 71.4 cm³/mol. The minimum Gasteiger partial charge on any atom is -0.467 e. The third kappa shape index (κ3) is 3.81. The number of carbonyl (C=O) groups is 2. The molecule has 8 nitrogen and oxygen atoms in total. The first-order valence-electron chi connectivity index (χ1n) is 6.41. The zero-order chi connectivity index (χ0) is 14.4. The van der Waals surface area contributed by atoms with E-state index < -0.39 is 12.1 Å². The summed E-state index contributed by atoms with van der Waals surface area (Å²) in [7, 11) is 1.44. The monoisotopic (exact) mass is 279 g/mol. The molecular weight excluding hydrogens is 262 g/mol. The lowest BCUT2D eigenvalue weighted by Crippen LogP contribution is -2.47. The Labute approximate surface area is 116 Å². The molecule has 0 aromatic carbocycles. The topological polar surface area (TPSA) is 105 Å². The predicted octanol–water partition coefficient (Wildman–Crippen LogP) is 0.275. The van der Waals surface area contributed by atoms with Crippen LogP contribution in [0.4, 0.5) is 10.6 Å². The molecule has 3 amide bonds. The number of carbonyl (C=O) groups excluding carboxylic acids is 2. The number of hydrogen-bond donors (Lipinski definition) is 3. The molecule has 3 N–H and O–H groups in total. The Hall–Kier alpha value is -2.38. The van der Waals surface area contributed by atoms with Crippen molar-refractivity contribution in [3.05, 3.63) is 12.3 Å². The van der Waals surface area contributed by atoms with Gasteiger partial charge in [0.25, 0.3) is 0 Å². The van der Waals surface area contributed by atoms with Crippen LogP contribution in [0.1, 0.15) is 19.3 Å². The van der Waals surface area contributed by atoms with Gasteiger partial charge in [0.15, 0.2) is 0 Å². The van der Waals surface area contributed by atoms with Crippen LogP contribution in [-0.4, -0.2) is 41.6 Å². The molecule has 108 valence electrons. The summed E-state index contributed by atoms with van der Waals surface area (Å²) >= 11 is 0. The molecule has 8 heteroatoms. The molecule has 2 rings (SSSR count). The van der Waals surface area contributed by atoms with Crippen molar-refractivity contribution in [2.45, 2.75) is 25.3 Å². The standard InChI is InChI=1S/C12H17N5O3/c1-20-12-14-7-5-9(17-12)16-11(19)15-8-4-2-3-6-13-10(8)18/h5,7-8H,2-4,6H2,1H3,(H,13,18)(H2,14,15,16,17,19)/t8-/m1/s1. The van der Waals surface area contributed by atoms with E-state index in [0.29, 0.717) is 18.8 Å². The maximum atomic E-state index is 11.8. The lowest BCUT2D eigenvalue weighted by Gasteiger charge is -2.15. The zero-order valence-corrected chi connectivity index (χ0v) is 11.2. The Balaban J connectivity index is 1.92. The van der Waals surface area contributed by atoms with Crippen molar-refractivity contribution in [3.8, 4) is 6.01 Å². The highest BCUT2D eigenvalue weighted by Gasteiger charge is 2.22. The van der Waals surface area contributed by atoms with E-state index >= 15 is 0 Å². The van der Waals surface area contributed by atoms with Gasteiger partial charge in [0.1, 0.15) is 11.9 Å². The van der Waals surface area contributed by atoms with Gasteiger partial charge in [-0.2, -0.15) is 4.98 Å². The van der Waals surface area contributed by atoms with E-state index in [4.69, 9.17) is 4.74 Å². The van der Waals surface area contributed by atoms with Gasteiger partial charge in [0.2, 0.25) is 5.91 Å². The smallest absolute Gasteiger partial charge is 0.321 e. The van der Waals surface area contributed by atoms with Crippen LogP contribution >= 0.6 is 0 Å². The lowest BCUT2D eigenvalue weighted by atomic mass is 10.1. The number of hydrogen-bond acceptors (Lipinski definition) is 5. The van der Waals surface area contributed by atoms with E-state index in [0.717, 1.165) is 12.8 Å². The van der Waals surface area contributed by atoms with Crippen molar-refractivity contribution >= 4 is 17.8 Å². The third-order valence-corrected chi connectivity index (χ3v) is 2.90. The van der Waals surface area contributed by atoms with Crippen LogP contribution < -0.4 is 20.7 Å². The molecule has 1 aliphatic heterocycles. The molecule has 0 unspecified atom stereocenters. The van der Waals surface area contributed by atoms with Crippen LogP contribution in [0.5, 0.6) is 6.01 Å². The number of amides is 3. The Kier molecular flexibility index (Phi) is 4.70. The van der Waals surface area contributed by atoms with Gasteiger partial charge in [-0.15, -0.1) is 0 Å². The fourth-order valence-corrected chi connectivity index (χ4v) is 1.90. The highest BCUT2D eigenvalue weighted by Crippen LogP contribution is 2.08. The maximum absolute atomic E-state index is 11.8. The van der Waals surface area contributed by atoms with Crippen molar-refractivity contribution in [2.24, 2.45) is 0 Å². The number of ether oxygens (including phenoxy) is 1. The van der Waals surface area contributed by atoms with Crippen LogP contribution in [0.2, 0.25) is 0 Å². The molecular formula is C12H17N5O3. The van der Waals surface area contributed by atoms with Gasteiger partial charge >= 0.3 is 12.0 Å². The van der Waals surface area contributed by atoms with Gasteiger partial charge in [-0.05, 0) is 25.3 Å². The summed E-state index contributed by atoms with van der Waals surface area (Å²) in [6.45, 7) is 0.655. The average molecular weight is 279 g/mol. The molecule has 20 heavy (non-hydrogen) atoms. The Bertz CT molecular complexity index is 494. The van der Waals surface area contributed by atoms with E-state index in [2.05, 4.69) is 25.9 Å². The van der Waals surface area contributed by atoms with Gasteiger partial charge in [0, 0.05) is 12.7 Å². The minimum atomic E-state index is -0.513. The van der Waals surface area contributed by atoms with E-state index in [-0.39, 0.29) is 11.9 Å². The molecule has 1 aromatic heterocycles. The molecule has 0 bridgehead atoms. The van der Waals surface area contributed by atoms with Crippen molar-refractivity contribution < 1.29 is 14.3 Å². The van der Waals surface area contributed by atoms with Crippen LogP contribution in [0.3, 0.4) is 0 Å². The SMILES string of the molecule is COc1nccc(NC(=O)N[C@@H]2CCCCNC2=O)n1. The molecule has 1 fully saturated rings. The Morgan fingerprint density at radius 2 is 2.35 bits per heavy atom. The highest BCUT2D eigenvalue weighted by atomic mass is 16.5. The fourth-order valence-electron chi connectivity index (χ4n) is 1.90. The van der Waals surface area contributed by atoms with E-state index in [1.165, 1.54) is 19.4 Å². The first kappa shape index (κ1) is 14.0. The van der Waals surface area contributed by atoms with Gasteiger partial charge in [-0.1, -0.05) is 0 Å². The summed E-state index contributed by atoms with van der Waals surface area (Å²) in [5.41, 5.74) is 0. The quantitative estimate of drug-likeness (QED) is 0.736. The average Bonchev–Trinajstić information content (AvgIpc) is 2.64. The van der Waals surface area contributed by atoms with Crippen molar-refractivity contribution in [3.63, 3.8) is 0 Å². The molecule has 0 saturated carbocycles. The largest absolute Gasteiger partial charge is 0.467 e. The lowest BCUT2D eigenvalue weighted by molar-refractivity contribution is -0.122. The summed E-state index contributed by atoms with van der Waals surface area (Å²) in [6.07, 6.45) is 3.92. The molecule has 0 aliphatic carbocycles. The Morgan fingerprint density at radius 3 is 3.15 bits per heavy atom. The summed E-state index contributed by atoms with van der Waals surface area (Å²) in [4.78, 5) is 31.3. The van der Waals surface area contributed by atoms with Crippen LogP contribution in [0.15, 0.2) is 12.3 Å². The van der Waals surface area contributed by atoms with E-state index in [1.807, 2.05) is 0 Å². The van der Waals surface area contributed by atoms with Gasteiger partial charge < -0.3 is 15.4 Å². The van der Waals surface area contributed by atoms with E-state index in [9.17, 15) is 9.59 Å². The Morgan fingerprint density at radius 1 is 1.50 bits per heavy atom. The van der Waals surface area contributed by atoms with Crippen molar-refractivity contribution in [2.75, 3.05) is 19.0 Å². The zero-order valence-electron chi connectivity index (χ0n) is 11.2. The molecule has 1 atom stereocenters. The van der Waals surface area contributed by atoms with Gasteiger partial charge in [-0.3, -0.25) is 10.1 Å². The molecule has 1 aliphatic rings. The molecule has 0 radical (unpaired) electrons. The van der Waals surface area contributed by atoms with E-state index in [1.54, 1.807) is 0 Å². The summed E-state index contributed by atoms with van der Waals surface area (Å²) in [5.74, 6) is 0.154. The number of nitrogens with zero attached hydrogens (tertiary/aromatic N) is 2. The van der Waals surface area contributed by atoms with Crippen LogP contribution in [-0.2, 0) is 4.79 Å². The van der Waals surface area contributed by atoms with Crippen molar-refractivity contribution in [1.82, 2.24) is 20.6 Å². The second-order valence-corrected chi connectivity index (χ2v) is 4.37. The fraction of sp³-hybridized carbons (Fsp3) is 0.500. The van der Waals surface area contributed by atoms with Crippen molar-refractivity contribution in [1.29, 1.82) is 0 Å². The van der Waals surface area contributed by atoms with Crippen LogP contribution in [0.25, 0.3) is 0 Å². The van der Waals surface area contributed by atoms with Gasteiger partial charge in [-0.25, -0.2) is 9.78 Å². The highest BCUT2D eigenvalue weighted by molar-refractivity contribution is 5.93. The molecule has 1 aromatic rings. The number of urea groups is 1. The summed E-state index contributed by atoms with van der Waals surface area (Å²) in [6, 6.07) is 0.707. The second kappa shape index (κ2) is 6.69. The number of methoxy groups -OCH3 is 1. The first-order valence-corrected chi connectivity index (χ1v) is 6.41. The molecule has 0 spiro atoms. The third-order valence-electron chi connectivity index (χ3n) is 2.90. The molecule has 2 heterocycles. The minimum absolute atomic E-state index is 0.155. The summed E-state index contributed by atoms with van der Waals surface area (Å²) in [5, 5.41) is 7.93. The number of aromatic nitrogens is 2. The normalized spacial score (nSPS) is 18.6. The summed E-state index contributed by atoms with van der Waals surface area (Å²) < 4.78 is 4.86. The van der Waals surface area contributed by atoms with Gasteiger partial charge in [0.05, 0.1) is 7.11 Å².